The number of aromatic nitrogens is 1. The van der Waals surface area contributed by atoms with E-state index in [1.54, 1.807) is 6.20 Å². The van der Waals surface area contributed by atoms with E-state index in [1.807, 2.05) is 6.92 Å². The molecular weight excluding hydrogens is 324 g/mol. The highest BCUT2D eigenvalue weighted by Gasteiger charge is 2.21. The predicted octanol–water partition coefficient (Wildman–Crippen LogP) is 3.02. The number of nitrogens with zero attached hydrogens (tertiary/aromatic N) is 2. The Morgan fingerprint density at radius 3 is 2.48 bits per heavy atom. The maximum Gasteiger partial charge on any atom is 0.325 e. The van der Waals surface area contributed by atoms with Crippen molar-refractivity contribution in [1.82, 2.24) is 4.98 Å². The van der Waals surface area contributed by atoms with Crippen molar-refractivity contribution in [2.24, 2.45) is 0 Å². The van der Waals surface area contributed by atoms with E-state index < -0.39 is 11.0 Å². The minimum Gasteiger partial charge on any atom is -0.494 e. The predicted molar refractivity (Wildman–Crippen MR) is 85.7 cm³/mol. The molecule has 2 N–H and O–H groups in total. The van der Waals surface area contributed by atoms with Crippen LogP contribution in [0, 0.1) is 17.0 Å². The molecular formula is C13H14N4O5S. The zero-order valence-corrected chi connectivity index (χ0v) is 13.4. The summed E-state index contributed by atoms with van der Waals surface area (Å²) in [6.45, 7) is 1.86. The van der Waals surface area contributed by atoms with Crippen LogP contribution in [0.15, 0.2) is 18.3 Å². The number of nitrogens with one attached hydrogen (secondary N) is 2. The molecule has 23 heavy (non-hydrogen) atoms. The molecule has 0 unspecified atom stereocenters. The van der Waals surface area contributed by atoms with Crippen molar-refractivity contribution in [3.05, 3.63) is 33.3 Å². The van der Waals surface area contributed by atoms with Gasteiger partial charge in [0.2, 0.25) is 5.75 Å². The minimum absolute atomic E-state index is 0.0355. The zero-order valence-electron chi connectivity index (χ0n) is 12.6. The number of anilines is 2. The fraction of sp³-hybridized carbons (Fsp3) is 0.231. The molecule has 0 bridgehead atoms. The van der Waals surface area contributed by atoms with Gasteiger partial charge in [-0.3, -0.25) is 15.4 Å². The van der Waals surface area contributed by atoms with Crippen molar-refractivity contribution >= 4 is 33.9 Å². The monoisotopic (exact) mass is 338 g/mol. The second-order valence-electron chi connectivity index (χ2n) is 4.34. The molecule has 0 aliphatic rings. The summed E-state index contributed by atoms with van der Waals surface area (Å²) < 4.78 is 10.1. The summed E-state index contributed by atoms with van der Waals surface area (Å²) in [5.41, 5.74) is -0.139. The van der Waals surface area contributed by atoms with Crippen LogP contribution < -0.4 is 20.1 Å². The van der Waals surface area contributed by atoms with E-state index in [0.717, 1.165) is 4.88 Å². The topological polar surface area (TPSA) is 116 Å². The van der Waals surface area contributed by atoms with E-state index >= 15 is 0 Å². The summed E-state index contributed by atoms with van der Waals surface area (Å²) in [5, 5.41) is 16.5. The number of carbonyl (C=O) groups is 1. The third kappa shape index (κ3) is 3.86. The van der Waals surface area contributed by atoms with Crippen LogP contribution in [0.5, 0.6) is 11.5 Å². The SMILES string of the molecule is COc1cc(OC)c([N+](=O)[O-])cc1NC(=O)Nc1ncc(C)s1. The quantitative estimate of drug-likeness (QED) is 0.639. The van der Waals surface area contributed by atoms with Crippen molar-refractivity contribution in [3.8, 4) is 11.5 Å². The van der Waals surface area contributed by atoms with Gasteiger partial charge in [-0.25, -0.2) is 9.78 Å². The summed E-state index contributed by atoms with van der Waals surface area (Å²) in [6, 6.07) is 1.92. The van der Waals surface area contributed by atoms with Gasteiger partial charge in [-0.1, -0.05) is 0 Å². The highest BCUT2D eigenvalue weighted by molar-refractivity contribution is 7.15. The largest absolute Gasteiger partial charge is 0.494 e. The van der Waals surface area contributed by atoms with Gasteiger partial charge in [0, 0.05) is 23.2 Å². The fourth-order valence-corrected chi connectivity index (χ4v) is 2.45. The van der Waals surface area contributed by atoms with E-state index in [9.17, 15) is 14.9 Å². The van der Waals surface area contributed by atoms with E-state index in [4.69, 9.17) is 9.47 Å². The number of aryl methyl sites for hydroxylation is 1. The molecule has 0 saturated carbocycles. The first-order valence-corrected chi connectivity index (χ1v) is 7.17. The second kappa shape index (κ2) is 6.92. The van der Waals surface area contributed by atoms with Crippen LogP contribution in [-0.2, 0) is 0 Å². The molecule has 122 valence electrons. The van der Waals surface area contributed by atoms with Crippen LogP contribution in [0.25, 0.3) is 0 Å². The Bertz CT molecular complexity index is 746. The standard InChI is InChI=1S/C13H14N4O5S/c1-7-6-14-13(23-7)16-12(18)15-8-4-9(17(19)20)11(22-3)5-10(8)21-2/h4-6H,1-3H3,(H2,14,15,16,18). The molecule has 1 aromatic heterocycles. The normalized spacial score (nSPS) is 10.0. The zero-order chi connectivity index (χ0) is 17.0. The summed E-state index contributed by atoms with van der Waals surface area (Å²) >= 11 is 1.31. The second-order valence-corrected chi connectivity index (χ2v) is 5.57. The number of nitro benzene ring substituents is 1. The Hall–Kier alpha value is -2.88. The summed E-state index contributed by atoms with van der Waals surface area (Å²) in [4.78, 5) is 27.4. The van der Waals surface area contributed by atoms with Crippen LogP contribution in [0.3, 0.4) is 0 Å². The van der Waals surface area contributed by atoms with Gasteiger partial charge in [0.05, 0.1) is 24.8 Å². The number of benzene rings is 1. The lowest BCUT2D eigenvalue weighted by atomic mass is 10.2. The first-order chi connectivity index (χ1) is 10.9. The molecule has 0 saturated heterocycles. The van der Waals surface area contributed by atoms with Crippen molar-refractivity contribution in [2.45, 2.75) is 6.92 Å². The molecule has 0 radical (unpaired) electrons. The summed E-state index contributed by atoms with van der Waals surface area (Å²) in [5.74, 6) is 0.270. The number of urea groups is 1. The fourth-order valence-electron chi connectivity index (χ4n) is 1.79. The van der Waals surface area contributed by atoms with Crippen LogP contribution >= 0.6 is 11.3 Å². The number of ether oxygens (including phenoxy) is 2. The van der Waals surface area contributed by atoms with Crippen LogP contribution in [0.4, 0.5) is 21.3 Å². The van der Waals surface area contributed by atoms with Crippen molar-refractivity contribution in [2.75, 3.05) is 24.9 Å². The van der Waals surface area contributed by atoms with Gasteiger partial charge in [0.1, 0.15) is 5.75 Å². The molecule has 1 heterocycles. The highest BCUT2D eigenvalue weighted by atomic mass is 32.1. The van der Waals surface area contributed by atoms with E-state index in [-0.39, 0.29) is 22.9 Å². The molecule has 0 aliphatic heterocycles. The van der Waals surface area contributed by atoms with Gasteiger partial charge >= 0.3 is 11.7 Å². The van der Waals surface area contributed by atoms with Gasteiger partial charge < -0.3 is 14.8 Å². The Balaban J connectivity index is 2.25. The third-order valence-corrected chi connectivity index (χ3v) is 3.62. The number of rotatable bonds is 5. The molecule has 9 nitrogen and oxygen atoms in total. The number of nitro groups is 1. The van der Waals surface area contributed by atoms with Gasteiger partial charge in [0.25, 0.3) is 0 Å². The number of amides is 2. The lowest BCUT2D eigenvalue weighted by Crippen LogP contribution is -2.19. The van der Waals surface area contributed by atoms with Crippen molar-refractivity contribution in [3.63, 3.8) is 0 Å². The summed E-state index contributed by atoms with van der Waals surface area (Å²) in [6.07, 6.45) is 1.62. The Labute approximate surface area is 135 Å². The Morgan fingerprint density at radius 1 is 1.26 bits per heavy atom. The minimum atomic E-state index is -0.606. The van der Waals surface area contributed by atoms with Crippen molar-refractivity contribution in [1.29, 1.82) is 0 Å². The molecule has 0 aliphatic carbocycles. The third-order valence-electron chi connectivity index (χ3n) is 2.79. The number of hydrogen-bond acceptors (Lipinski definition) is 7. The molecule has 0 spiro atoms. The molecule has 2 rings (SSSR count). The number of carbonyl (C=O) groups excluding carboxylic acids is 1. The Kier molecular flexibility index (Phi) is 4.96. The average molecular weight is 338 g/mol. The highest BCUT2D eigenvalue weighted by Crippen LogP contribution is 2.37. The number of hydrogen-bond donors (Lipinski definition) is 2. The first kappa shape index (κ1) is 16.5. The summed E-state index contributed by atoms with van der Waals surface area (Å²) in [7, 11) is 2.69. The van der Waals surface area contributed by atoms with Gasteiger partial charge in [-0.05, 0) is 6.92 Å². The van der Waals surface area contributed by atoms with Gasteiger partial charge in [-0.2, -0.15) is 0 Å². The lowest BCUT2D eigenvalue weighted by Gasteiger charge is -2.12. The van der Waals surface area contributed by atoms with E-state index in [0.29, 0.717) is 5.13 Å². The van der Waals surface area contributed by atoms with E-state index in [2.05, 4.69) is 15.6 Å². The van der Waals surface area contributed by atoms with E-state index in [1.165, 1.54) is 37.7 Å². The maximum absolute atomic E-state index is 12.0. The van der Waals surface area contributed by atoms with Crippen LogP contribution in [-0.4, -0.2) is 30.2 Å². The lowest BCUT2D eigenvalue weighted by molar-refractivity contribution is -0.385. The van der Waals surface area contributed by atoms with Gasteiger partial charge in [-0.15, -0.1) is 11.3 Å². The maximum atomic E-state index is 12.0. The van der Waals surface area contributed by atoms with Crippen LogP contribution in [0.2, 0.25) is 0 Å². The smallest absolute Gasteiger partial charge is 0.325 e. The number of thiazole rings is 1. The molecule has 0 atom stereocenters. The van der Waals surface area contributed by atoms with Crippen LogP contribution in [0.1, 0.15) is 4.88 Å². The number of methoxy groups -OCH3 is 2. The molecule has 1 aromatic carbocycles. The average Bonchev–Trinajstić information content (AvgIpc) is 2.91. The first-order valence-electron chi connectivity index (χ1n) is 6.35. The molecule has 2 amide bonds. The molecule has 2 aromatic rings. The van der Waals surface area contributed by atoms with Crippen molar-refractivity contribution < 1.29 is 19.2 Å². The molecule has 10 heteroatoms. The molecule has 0 fully saturated rings. The Morgan fingerprint density at radius 2 is 1.96 bits per heavy atom. The van der Waals surface area contributed by atoms with Gasteiger partial charge in [0.15, 0.2) is 5.13 Å².